The summed E-state index contributed by atoms with van der Waals surface area (Å²) in [5.41, 5.74) is 1.93. The Balaban J connectivity index is 1.28. The quantitative estimate of drug-likeness (QED) is 0.660. The highest BCUT2D eigenvalue weighted by molar-refractivity contribution is 5.84. The monoisotopic (exact) mass is 420 g/mol. The molecule has 8 heteroatoms. The number of hydrogen-bond acceptors (Lipinski definition) is 6. The van der Waals surface area contributed by atoms with Crippen LogP contribution in [0.5, 0.6) is 5.75 Å². The Labute approximate surface area is 181 Å². The maximum atomic E-state index is 12.1. The van der Waals surface area contributed by atoms with E-state index in [-0.39, 0.29) is 17.9 Å². The molecule has 1 saturated carbocycles. The Morgan fingerprint density at radius 3 is 2.87 bits per heavy atom. The van der Waals surface area contributed by atoms with Gasteiger partial charge in [-0.15, -0.1) is 10.2 Å². The number of aromatic nitrogens is 4. The van der Waals surface area contributed by atoms with Gasteiger partial charge in [0.05, 0.1) is 18.8 Å². The lowest BCUT2D eigenvalue weighted by molar-refractivity contribution is -0.123. The predicted octanol–water partition coefficient (Wildman–Crippen LogP) is 2.48. The Hall–Kier alpha value is -3.00. The third-order valence-electron chi connectivity index (χ3n) is 6.19. The van der Waals surface area contributed by atoms with Crippen LogP contribution in [0.15, 0.2) is 30.3 Å². The van der Waals surface area contributed by atoms with Gasteiger partial charge in [-0.05, 0) is 31.9 Å². The molecule has 1 fully saturated rings. The summed E-state index contributed by atoms with van der Waals surface area (Å²) in [5.74, 6) is 2.96. The molecule has 8 nitrogen and oxygen atoms in total. The van der Waals surface area contributed by atoms with Gasteiger partial charge >= 0.3 is 0 Å². The van der Waals surface area contributed by atoms with E-state index < -0.39 is 0 Å². The van der Waals surface area contributed by atoms with Crippen molar-refractivity contribution in [2.45, 2.75) is 45.3 Å². The molecule has 1 amide bonds. The first-order valence-corrected chi connectivity index (χ1v) is 11.0. The number of nitrogens with one attached hydrogen (secondary N) is 1. The third-order valence-corrected chi connectivity index (χ3v) is 6.19. The molecule has 3 aromatic rings. The molecule has 0 radical (unpaired) electrons. The van der Waals surface area contributed by atoms with Crippen LogP contribution in [0.1, 0.15) is 43.1 Å². The number of nitrogens with zero attached hydrogens (tertiary/aromatic N) is 5. The number of benzene rings is 1. The molecule has 162 valence electrons. The standard InChI is InChI=1S/C23H28N6O2/c1-15(24-23(30)17-6-7-17)22-27-26-20-10-11-28(12-13-29(20)22)14-18-9-8-16-4-3-5-19(31-2)21(16)25-18/h3-5,8-9,15,17H,6-7,10-14H2,1-2H3,(H,24,30). The maximum Gasteiger partial charge on any atom is 0.223 e. The molecule has 1 N–H and O–H groups in total. The zero-order valence-electron chi connectivity index (χ0n) is 18.0. The second kappa shape index (κ2) is 8.26. The van der Waals surface area contributed by atoms with E-state index in [0.29, 0.717) is 0 Å². The number of amides is 1. The highest BCUT2D eigenvalue weighted by Crippen LogP contribution is 2.30. The molecule has 1 unspecified atom stereocenters. The van der Waals surface area contributed by atoms with Gasteiger partial charge in [-0.3, -0.25) is 9.69 Å². The molecule has 1 atom stereocenters. The number of pyridine rings is 1. The molecule has 2 aliphatic rings. The Kier molecular flexibility index (Phi) is 5.31. The highest BCUT2D eigenvalue weighted by atomic mass is 16.5. The molecule has 5 rings (SSSR count). The van der Waals surface area contributed by atoms with Crippen molar-refractivity contribution in [3.63, 3.8) is 0 Å². The number of carbonyl (C=O) groups is 1. The number of hydrogen-bond donors (Lipinski definition) is 1. The topological polar surface area (TPSA) is 85.2 Å². The number of fused-ring (bicyclic) bond motifs is 2. The first-order valence-electron chi connectivity index (χ1n) is 11.0. The van der Waals surface area contributed by atoms with E-state index in [2.05, 4.69) is 43.2 Å². The average molecular weight is 421 g/mol. The van der Waals surface area contributed by atoms with Gasteiger partial charge in [-0.1, -0.05) is 18.2 Å². The first kappa shape index (κ1) is 19.9. The summed E-state index contributed by atoms with van der Waals surface area (Å²) >= 11 is 0. The largest absolute Gasteiger partial charge is 0.494 e. The van der Waals surface area contributed by atoms with E-state index in [4.69, 9.17) is 9.72 Å². The van der Waals surface area contributed by atoms with Gasteiger partial charge < -0.3 is 14.6 Å². The molecular formula is C23H28N6O2. The fraction of sp³-hybridized carbons (Fsp3) is 0.478. The van der Waals surface area contributed by atoms with E-state index in [1.165, 1.54) is 0 Å². The Morgan fingerprint density at radius 2 is 2.06 bits per heavy atom. The molecule has 0 bridgehead atoms. The molecule has 1 aliphatic heterocycles. The van der Waals surface area contributed by atoms with E-state index in [1.54, 1.807) is 7.11 Å². The Bertz CT molecular complexity index is 1110. The van der Waals surface area contributed by atoms with Crippen LogP contribution in [0, 0.1) is 5.92 Å². The van der Waals surface area contributed by atoms with Crippen molar-refractivity contribution < 1.29 is 9.53 Å². The van der Waals surface area contributed by atoms with Gasteiger partial charge in [-0.2, -0.15) is 0 Å². The van der Waals surface area contributed by atoms with Crippen molar-refractivity contribution >= 4 is 16.8 Å². The van der Waals surface area contributed by atoms with Gasteiger partial charge in [0, 0.05) is 43.9 Å². The van der Waals surface area contributed by atoms with Gasteiger partial charge in [0.2, 0.25) is 5.91 Å². The maximum absolute atomic E-state index is 12.1. The molecule has 1 aromatic carbocycles. The zero-order valence-corrected chi connectivity index (χ0v) is 18.0. The van der Waals surface area contributed by atoms with E-state index in [9.17, 15) is 4.79 Å². The summed E-state index contributed by atoms with van der Waals surface area (Å²) in [6, 6.07) is 10.1. The minimum absolute atomic E-state index is 0.129. The average Bonchev–Trinajstić information content (AvgIpc) is 3.58. The lowest BCUT2D eigenvalue weighted by atomic mass is 10.2. The summed E-state index contributed by atoms with van der Waals surface area (Å²) in [4.78, 5) is 19.4. The van der Waals surface area contributed by atoms with Gasteiger partial charge in [-0.25, -0.2) is 4.98 Å². The number of carbonyl (C=O) groups excluding carboxylic acids is 1. The SMILES string of the molecule is COc1cccc2ccc(CN3CCc4nnc(C(C)NC(=O)C5CC5)n4CC3)nc12. The fourth-order valence-electron chi connectivity index (χ4n) is 4.25. The third kappa shape index (κ3) is 4.12. The molecule has 0 spiro atoms. The van der Waals surface area contributed by atoms with Gasteiger partial charge in [0.15, 0.2) is 5.82 Å². The van der Waals surface area contributed by atoms with Crippen LogP contribution in [0.25, 0.3) is 10.9 Å². The Morgan fingerprint density at radius 1 is 1.19 bits per heavy atom. The summed E-state index contributed by atoms with van der Waals surface area (Å²) in [5, 5.41) is 13.0. The normalized spacial score (nSPS) is 17.7. The van der Waals surface area contributed by atoms with Crippen LogP contribution >= 0.6 is 0 Å². The summed E-state index contributed by atoms with van der Waals surface area (Å²) in [7, 11) is 1.68. The predicted molar refractivity (Wildman–Crippen MR) is 117 cm³/mol. The summed E-state index contributed by atoms with van der Waals surface area (Å²) < 4.78 is 7.66. The molecule has 31 heavy (non-hydrogen) atoms. The highest BCUT2D eigenvalue weighted by Gasteiger charge is 2.31. The minimum atomic E-state index is -0.129. The van der Waals surface area contributed by atoms with Crippen LogP contribution in [0.4, 0.5) is 0 Å². The molecule has 1 aliphatic carbocycles. The zero-order chi connectivity index (χ0) is 21.4. The molecule has 3 heterocycles. The second-order valence-electron chi connectivity index (χ2n) is 8.49. The van der Waals surface area contributed by atoms with E-state index >= 15 is 0 Å². The van der Waals surface area contributed by atoms with Crippen LogP contribution in [-0.4, -0.2) is 50.8 Å². The summed E-state index contributed by atoms with van der Waals surface area (Å²) in [6.45, 7) is 5.35. The number of ether oxygens (including phenoxy) is 1. The lowest BCUT2D eigenvalue weighted by Gasteiger charge is -2.20. The number of para-hydroxylation sites is 1. The first-order chi connectivity index (χ1) is 15.1. The van der Waals surface area contributed by atoms with Crippen LogP contribution in [0.3, 0.4) is 0 Å². The minimum Gasteiger partial charge on any atom is -0.494 e. The van der Waals surface area contributed by atoms with Crippen molar-refractivity contribution in [2.24, 2.45) is 5.92 Å². The van der Waals surface area contributed by atoms with Crippen LogP contribution in [-0.2, 0) is 24.3 Å². The smallest absolute Gasteiger partial charge is 0.223 e. The molecule has 2 aromatic heterocycles. The van der Waals surface area contributed by atoms with Crippen LogP contribution in [0.2, 0.25) is 0 Å². The molecular weight excluding hydrogens is 392 g/mol. The van der Waals surface area contributed by atoms with Crippen LogP contribution < -0.4 is 10.1 Å². The molecule has 0 saturated heterocycles. The lowest BCUT2D eigenvalue weighted by Crippen LogP contribution is -2.31. The number of methoxy groups -OCH3 is 1. The van der Waals surface area contributed by atoms with Crippen molar-refractivity contribution in [3.05, 3.63) is 47.7 Å². The van der Waals surface area contributed by atoms with Crippen molar-refractivity contribution in [1.82, 2.24) is 30.0 Å². The van der Waals surface area contributed by atoms with Gasteiger partial charge in [0.25, 0.3) is 0 Å². The van der Waals surface area contributed by atoms with Crippen molar-refractivity contribution in [1.29, 1.82) is 0 Å². The van der Waals surface area contributed by atoms with E-state index in [0.717, 1.165) is 79.4 Å². The van der Waals surface area contributed by atoms with Crippen molar-refractivity contribution in [2.75, 3.05) is 20.2 Å². The van der Waals surface area contributed by atoms with E-state index in [1.807, 2.05) is 19.1 Å². The van der Waals surface area contributed by atoms with Gasteiger partial charge in [0.1, 0.15) is 17.1 Å². The second-order valence-corrected chi connectivity index (χ2v) is 8.49. The number of rotatable bonds is 6. The van der Waals surface area contributed by atoms with Crippen molar-refractivity contribution in [3.8, 4) is 5.75 Å². The summed E-state index contributed by atoms with van der Waals surface area (Å²) in [6.07, 6.45) is 2.83. The fourth-order valence-corrected chi connectivity index (χ4v) is 4.25.